The van der Waals surface area contributed by atoms with Crippen LogP contribution in [-0.4, -0.2) is 20.3 Å². The molecule has 2 atom stereocenters. The molecule has 4 nitrogen and oxygen atoms in total. The third-order valence-corrected chi connectivity index (χ3v) is 6.08. The predicted octanol–water partition coefficient (Wildman–Crippen LogP) is 5.54. The minimum Gasteiger partial charge on any atom is -0.326 e. The Labute approximate surface area is 168 Å². The molecule has 27 heavy (non-hydrogen) atoms. The first kappa shape index (κ1) is 19.2. The number of hydrogen-bond donors (Lipinski definition) is 0. The summed E-state index contributed by atoms with van der Waals surface area (Å²) in [6.07, 6.45) is -2.05. The van der Waals surface area contributed by atoms with Crippen molar-refractivity contribution in [1.29, 1.82) is 0 Å². The first-order chi connectivity index (χ1) is 12.6. The molecule has 0 N–H and O–H groups in total. The molecule has 3 aromatic rings. The van der Waals surface area contributed by atoms with Crippen LogP contribution in [0.1, 0.15) is 18.1 Å². The van der Waals surface area contributed by atoms with Crippen molar-refractivity contribution in [3.05, 3.63) is 40.0 Å². The van der Waals surface area contributed by atoms with Gasteiger partial charge in [-0.05, 0) is 39.9 Å². The lowest BCUT2D eigenvalue weighted by molar-refractivity contribution is -0.294. The Bertz CT molecular complexity index is 1070. The van der Waals surface area contributed by atoms with Crippen LogP contribution >= 0.6 is 36.9 Å². The number of aromatic nitrogens is 3. The fraction of sp³-hybridized carbons (Fsp3) is 0.294. The Hall–Kier alpha value is -1.15. The minimum absolute atomic E-state index is 0.235. The third-order valence-electron chi connectivity index (χ3n) is 4.31. The van der Waals surface area contributed by atoms with Gasteiger partial charge < -0.3 is 4.57 Å². The van der Waals surface area contributed by atoms with E-state index in [1.54, 1.807) is 38.8 Å². The van der Waals surface area contributed by atoms with Gasteiger partial charge in [-0.2, -0.15) is 8.78 Å². The normalized spacial score (nSPS) is 21.0. The van der Waals surface area contributed by atoms with Gasteiger partial charge in [0.15, 0.2) is 5.82 Å². The smallest absolute Gasteiger partial charge is 0.326 e. The number of imidazole rings is 1. The van der Waals surface area contributed by atoms with Gasteiger partial charge in [-0.15, -0.1) is 11.8 Å². The number of fused-ring (bicyclic) bond motifs is 2. The number of aryl methyl sites for hydroxylation is 1. The molecule has 0 fully saturated rings. The van der Waals surface area contributed by atoms with E-state index in [-0.39, 0.29) is 5.56 Å². The van der Waals surface area contributed by atoms with Gasteiger partial charge in [0.25, 0.3) is 5.60 Å². The molecule has 0 radical (unpaired) electrons. The van der Waals surface area contributed by atoms with Crippen molar-refractivity contribution in [2.45, 2.75) is 23.5 Å². The molecule has 0 amide bonds. The summed E-state index contributed by atoms with van der Waals surface area (Å²) in [7, 11) is 3.42. The Morgan fingerprint density at radius 2 is 2.00 bits per heavy atom. The van der Waals surface area contributed by atoms with Crippen molar-refractivity contribution in [2.75, 3.05) is 5.75 Å². The Morgan fingerprint density at radius 1 is 1.26 bits per heavy atom. The molecule has 2 unspecified atom stereocenters. The highest BCUT2D eigenvalue weighted by Gasteiger charge is 2.54. The molecule has 0 aliphatic carbocycles. The van der Waals surface area contributed by atoms with Crippen molar-refractivity contribution in [2.24, 2.45) is 7.05 Å². The van der Waals surface area contributed by atoms with E-state index in [1.807, 2.05) is 13.0 Å². The lowest BCUT2D eigenvalue weighted by Gasteiger charge is -2.14. The van der Waals surface area contributed by atoms with E-state index in [4.69, 9.17) is 0 Å². The maximum Gasteiger partial charge on any atom is 0.386 e. The van der Waals surface area contributed by atoms with E-state index in [9.17, 15) is 13.2 Å². The minimum atomic E-state index is -3.70. The highest BCUT2D eigenvalue weighted by Crippen LogP contribution is 2.54. The molecule has 2 aromatic heterocycles. The first-order valence-electron chi connectivity index (χ1n) is 8.00. The van der Waals surface area contributed by atoms with Crippen molar-refractivity contribution in [1.82, 2.24) is 14.5 Å². The van der Waals surface area contributed by atoms with Crippen LogP contribution in [0.2, 0.25) is 0 Å². The maximum atomic E-state index is 14.5. The summed E-state index contributed by atoms with van der Waals surface area (Å²) >= 11 is 5.01. The summed E-state index contributed by atoms with van der Waals surface area (Å²) in [5.74, 6) is 1.36. The Balaban J connectivity index is 1.95. The summed E-state index contributed by atoms with van der Waals surface area (Å²) < 4.78 is 49.5. The lowest BCUT2D eigenvalue weighted by atomic mass is 10.1. The van der Waals surface area contributed by atoms with Crippen LogP contribution in [-0.2, 0) is 23.5 Å². The molecule has 0 saturated heterocycles. The molecular weight excluding hydrogens is 462 g/mol. The van der Waals surface area contributed by atoms with E-state index in [0.29, 0.717) is 22.6 Å². The van der Waals surface area contributed by atoms with Crippen molar-refractivity contribution >= 4 is 48.0 Å². The fourth-order valence-corrected chi connectivity index (χ4v) is 4.80. The van der Waals surface area contributed by atoms with Crippen LogP contribution in [0.4, 0.5) is 13.2 Å². The van der Waals surface area contributed by atoms with E-state index < -0.39 is 17.3 Å². The van der Waals surface area contributed by atoms with E-state index in [2.05, 4.69) is 30.6 Å². The van der Waals surface area contributed by atoms with Crippen LogP contribution in [0.15, 0.2) is 33.8 Å². The fourth-order valence-electron chi connectivity index (χ4n) is 3.12. The van der Waals surface area contributed by atoms with Gasteiger partial charge in [-0.3, -0.25) is 9.72 Å². The van der Waals surface area contributed by atoms with Gasteiger partial charge in [0.1, 0.15) is 5.69 Å². The second-order valence-corrected chi connectivity index (χ2v) is 9.04. The topological polar surface area (TPSA) is 39.9 Å². The average Bonchev–Trinajstić information content (AvgIpc) is 2.98. The van der Waals surface area contributed by atoms with Crippen molar-refractivity contribution in [3.8, 4) is 11.5 Å². The SMILES string of the molecule is CCSc1cc(Br)cnc1-c1nc2cc3c(cc2n1C)C(F)(F)OC3(F)P. The summed E-state index contributed by atoms with van der Waals surface area (Å²) in [5.41, 5.74) is -1.88. The number of alkyl halides is 3. The van der Waals surface area contributed by atoms with Crippen LogP contribution in [0.3, 0.4) is 0 Å². The van der Waals surface area contributed by atoms with E-state index in [1.165, 1.54) is 12.1 Å². The highest BCUT2D eigenvalue weighted by atomic mass is 79.9. The van der Waals surface area contributed by atoms with Crippen LogP contribution in [0.25, 0.3) is 22.6 Å². The molecule has 1 aromatic carbocycles. The zero-order valence-corrected chi connectivity index (χ0v) is 17.8. The summed E-state index contributed by atoms with van der Waals surface area (Å²) in [5, 5.41) is 0. The number of hydrogen-bond acceptors (Lipinski definition) is 4. The summed E-state index contributed by atoms with van der Waals surface area (Å²) in [6, 6.07) is 4.48. The van der Waals surface area contributed by atoms with Gasteiger partial charge in [0, 0.05) is 28.2 Å². The molecule has 0 spiro atoms. The Kier molecular flexibility index (Phi) is 4.57. The molecular formula is C17H14BrF3N3OPS. The van der Waals surface area contributed by atoms with E-state index in [0.717, 1.165) is 15.1 Å². The number of pyridine rings is 1. The molecule has 0 bridgehead atoms. The number of benzene rings is 1. The standard InChI is InChI=1S/C17H14BrF3N3OPS/c1-3-27-13-4-8(18)7-22-14(13)15-23-11-5-10-9(6-12(11)24(15)2)16(19,20)25-17(10,21)26/h4-7H,3,26H2,1-2H3. The third kappa shape index (κ3) is 3.09. The second-order valence-electron chi connectivity index (χ2n) is 6.08. The van der Waals surface area contributed by atoms with Gasteiger partial charge >= 0.3 is 6.11 Å². The zero-order valence-electron chi connectivity index (χ0n) is 14.3. The maximum absolute atomic E-state index is 14.5. The highest BCUT2D eigenvalue weighted by molar-refractivity contribution is 9.10. The molecule has 3 heterocycles. The largest absolute Gasteiger partial charge is 0.386 e. The average molecular weight is 476 g/mol. The predicted molar refractivity (Wildman–Crippen MR) is 106 cm³/mol. The molecule has 1 aliphatic rings. The van der Waals surface area contributed by atoms with Crippen LogP contribution in [0, 0.1) is 0 Å². The number of nitrogens with zero attached hydrogens (tertiary/aromatic N) is 3. The van der Waals surface area contributed by atoms with Gasteiger partial charge in [-0.25, -0.2) is 9.37 Å². The molecule has 10 heteroatoms. The van der Waals surface area contributed by atoms with Gasteiger partial charge in [0.2, 0.25) is 0 Å². The van der Waals surface area contributed by atoms with E-state index >= 15 is 0 Å². The molecule has 1 aliphatic heterocycles. The van der Waals surface area contributed by atoms with Gasteiger partial charge in [0.05, 0.1) is 16.6 Å². The monoisotopic (exact) mass is 475 g/mol. The zero-order chi connectivity index (χ0) is 19.6. The first-order valence-corrected chi connectivity index (χ1v) is 10.4. The Morgan fingerprint density at radius 3 is 2.70 bits per heavy atom. The number of thioether (sulfide) groups is 1. The van der Waals surface area contributed by atoms with Gasteiger partial charge in [-0.1, -0.05) is 16.2 Å². The van der Waals surface area contributed by atoms with Crippen LogP contribution in [0.5, 0.6) is 0 Å². The van der Waals surface area contributed by atoms with Crippen LogP contribution < -0.4 is 0 Å². The molecule has 4 rings (SSSR count). The second kappa shape index (κ2) is 6.44. The van der Waals surface area contributed by atoms with Crippen molar-refractivity contribution in [3.63, 3.8) is 0 Å². The number of rotatable bonds is 3. The lowest BCUT2D eigenvalue weighted by Crippen LogP contribution is -2.16. The summed E-state index contributed by atoms with van der Waals surface area (Å²) in [6.45, 7) is 2.02. The van der Waals surface area contributed by atoms with Crippen molar-refractivity contribution < 1.29 is 17.9 Å². The summed E-state index contributed by atoms with van der Waals surface area (Å²) in [4.78, 5) is 9.91. The molecule has 0 saturated carbocycles. The quantitative estimate of drug-likeness (QED) is 0.368. The number of halogens is 4. The molecule has 142 valence electrons. The number of ether oxygens (including phenoxy) is 1.